The van der Waals surface area contributed by atoms with Crippen LogP contribution in [0.15, 0.2) is 34.8 Å². The third kappa shape index (κ3) is 3.08. The van der Waals surface area contributed by atoms with Crippen molar-refractivity contribution in [2.45, 2.75) is 6.92 Å². The molecule has 0 bridgehead atoms. The smallest absolute Gasteiger partial charge is 0.255 e. The summed E-state index contributed by atoms with van der Waals surface area (Å²) in [5.74, 6) is -0.181. The van der Waals surface area contributed by atoms with E-state index >= 15 is 0 Å². The minimum Gasteiger partial charge on any atom is -0.508 e. The zero-order valence-electron chi connectivity index (χ0n) is 10.4. The van der Waals surface area contributed by atoms with Gasteiger partial charge in [0.1, 0.15) is 5.75 Å². The molecule has 0 aromatic heterocycles. The van der Waals surface area contributed by atoms with Crippen molar-refractivity contribution < 1.29 is 9.90 Å². The van der Waals surface area contributed by atoms with E-state index in [0.29, 0.717) is 26.3 Å². The number of carbonyl (C=O) groups is 1. The first kappa shape index (κ1) is 15.2. The SMILES string of the molecule is Cc1cc(C(=O)Nc2ccc(Br)c(Cl)c2Cl)ccc1O. The van der Waals surface area contributed by atoms with Crippen LogP contribution in [0.25, 0.3) is 0 Å². The van der Waals surface area contributed by atoms with Crippen molar-refractivity contribution in [2.24, 2.45) is 0 Å². The van der Waals surface area contributed by atoms with Crippen molar-refractivity contribution in [1.82, 2.24) is 0 Å². The predicted octanol–water partition coefficient (Wildman–Crippen LogP) is 5.02. The Bertz CT molecular complexity index is 689. The van der Waals surface area contributed by atoms with Gasteiger partial charge in [-0.05, 0) is 58.7 Å². The standard InChI is InChI=1S/C14H10BrCl2NO2/c1-7-6-8(2-5-11(7)19)14(20)18-10-4-3-9(15)12(16)13(10)17/h2-6,19H,1H3,(H,18,20). The minimum absolute atomic E-state index is 0.145. The van der Waals surface area contributed by atoms with Crippen molar-refractivity contribution >= 4 is 50.7 Å². The summed E-state index contributed by atoms with van der Waals surface area (Å²) in [7, 11) is 0. The maximum atomic E-state index is 12.1. The first-order valence-corrected chi connectivity index (χ1v) is 7.19. The molecule has 2 N–H and O–H groups in total. The summed E-state index contributed by atoms with van der Waals surface area (Å²) >= 11 is 15.3. The summed E-state index contributed by atoms with van der Waals surface area (Å²) < 4.78 is 0.655. The summed E-state index contributed by atoms with van der Waals surface area (Å²) in [6, 6.07) is 7.96. The van der Waals surface area contributed by atoms with Gasteiger partial charge in [0.25, 0.3) is 5.91 Å². The van der Waals surface area contributed by atoms with Gasteiger partial charge in [-0.25, -0.2) is 0 Å². The summed E-state index contributed by atoms with van der Waals surface area (Å²) in [4.78, 5) is 12.1. The Morgan fingerprint density at radius 2 is 1.90 bits per heavy atom. The Balaban J connectivity index is 2.28. The van der Waals surface area contributed by atoms with Gasteiger partial charge in [0.2, 0.25) is 0 Å². The van der Waals surface area contributed by atoms with Crippen molar-refractivity contribution in [3.63, 3.8) is 0 Å². The molecule has 3 nitrogen and oxygen atoms in total. The Hall–Kier alpha value is -1.23. The van der Waals surface area contributed by atoms with Crippen LogP contribution in [-0.4, -0.2) is 11.0 Å². The molecular weight excluding hydrogens is 365 g/mol. The maximum Gasteiger partial charge on any atom is 0.255 e. The Morgan fingerprint density at radius 1 is 1.20 bits per heavy atom. The summed E-state index contributed by atoms with van der Waals surface area (Å²) in [6.07, 6.45) is 0. The number of aryl methyl sites for hydroxylation is 1. The number of hydrogen-bond donors (Lipinski definition) is 2. The van der Waals surface area contributed by atoms with Gasteiger partial charge in [-0.15, -0.1) is 0 Å². The van der Waals surface area contributed by atoms with Gasteiger partial charge in [0, 0.05) is 10.0 Å². The zero-order chi connectivity index (χ0) is 14.9. The van der Waals surface area contributed by atoms with Crippen molar-refractivity contribution in [3.8, 4) is 5.75 Å². The highest BCUT2D eigenvalue weighted by atomic mass is 79.9. The van der Waals surface area contributed by atoms with E-state index in [9.17, 15) is 9.90 Å². The molecule has 0 radical (unpaired) electrons. The van der Waals surface area contributed by atoms with Crippen LogP contribution in [0.2, 0.25) is 10.0 Å². The van der Waals surface area contributed by atoms with Crippen molar-refractivity contribution in [2.75, 3.05) is 5.32 Å². The fraction of sp³-hybridized carbons (Fsp3) is 0.0714. The lowest BCUT2D eigenvalue weighted by Gasteiger charge is -2.10. The number of amides is 1. The second kappa shape index (κ2) is 6.04. The number of phenolic OH excluding ortho intramolecular Hbond substituents is 1. The normalized spacial score (nSPS) is 10.4. The molecule has 20 heavy (non-hydrogen) atoms. The average molecular weight is 375 g/mol. The molecule has 1 amide bonds. The molecule has 2 aromatic rings. The molecule has 0 unspecified atom stereocenters. The molecule has 0 saturated carbocycles. The van der Waals surface area contributed by atoms with Crippen LogP contribution in [0.5, 0.6) is 5.75 Å². The van der Waals surface area contributed by atoms with Crippen LogP contribution in [0, 0.1) is 6.92 Å². The van der Waals surface area contributed by atoms with Crippen LogP contribution in [0.3, 0.4) is 0 Å². The summed E-state index contributed by atoms with van der Waals surface area (Å²) in [5, 5.41) is 12.7. The van der Waals surface area contributed by atoms with E-state index < -0.39 is 0 Å². The molecule has 0 aliphatic rings. The van der Waals surface area contributed by atoms with E-state index in [1.807, 2.05) is 0 Å². The highest BCUT2D eigenvalue weighted by molar-refractivity contribution is 9.10. The molecule has 0 spiro atoms. The van der Waals surface area contributed by atoms with Gasteiger partial charge in [-0.3, -0.25) is 4.79 Å². The number of aromatic hydroxyl groups is 1. The number of anilines is 1. The molecule has 104 valence electrons. The second-order valence-electron chi connectivity index (χ2n) is 4.18. The lowest BCUT2D eigenvalue weighted by Crippen LogP contribution is -2.12. The van der Waals surface area contributed by atoms with E-state index in [2.05, 4.69) is 21.2 Å². The Labute approximate surface area is 134 Å². The number of carbonyl (C=O) groups excluding carboxylic acids is 1. The van der Waals surface area contributed by atoms with Crippen LogP contribution >= 0.6 is 39.1 Å². The van der Waals surface area contributed by atoms with E-state index in [4.69, 9.17) is 23.2 Å². The third-order valence-corrected chi connectivity index (χ3v) is 4.51. The Kier molecular flexibility index (Phi) is 4.58. The number of phenols is 1. The third-order valence-electron chi connectivity index (χ3n) is 2.74. The fourth-order valence-electron chi connectivity index (χ4n) is 1.61. The van der Waals surface area contributed by atoms with E-state index in [1.165, 1.54) is 12.1 Å². The van der Waals surface area contributed by atoms with Crippen molar-refractivity contribution in [1.29, 1.82) is 0 Å². The number of halogens is 3. The zero-order valence-corrected chi connectivity index (χ0v) is 13.5. The van der Waals surface area contributed by atoms with Crippen LogP contribution in [0.4, 0.5) is 5.69 Å². The van der Waals surface area contributed by atoms with Crippen LogP contribution in [-0.2, 0) is 0 Å². The number of hydrogen-bond acceptors (Lipinski definition) is 2. The average Bonchev–Trinajstić information content (AvgIpc) is 2.42. The monoisotopic (exact) mass is 373 g/mol. The molecule has 0 fully saturated rings. The topological polar surface area (TPSA) is 49.3 Å². The Morgan fingerprint density at radius 3 is 2.55 bits per heavy atom. The fourth-order valence-corrected chi connectivity index (χ4v) is 2.44. The van der Waals surface area contributed by atoms with Gasteiger partial charge < -0.3 is 10.4 Å². The van der Waals surface area contributed by atoms with Gasteiger partial charge in [0.05, 0.1) is 15.7 Å². The molecule has 2 aromatic carbocycles. The first-order chi connectivity index (χ1) is 9.40. The molecule has 6 heteroatoms. The maximum absolute atomic E-state index is 12.1. The largest absolute Gasteiger partial charge is 0.508 e. The number of rotatable bonds is 2. The van der Waals surface area contributed by atoms with Crippen molar-refractivity contribution in [3.05, 3.63) is 56.0 Å². The second-order valence-corrected chi connectivity index (χ2v) is 5.79. The summed E-state index contributed by atoms with van der Waals surface area (Å²) in [5.41, 5.74) is 1.48. The molecule has 0 saturated heterocycles. The lowest BCUT2D eigenvalue weighted by atomic mass is 10.1. The van der Waals surface area contributed by atoms with Gasteiger partial charge in [-0.1, -0.05) is 23.2 Å². The molecule has 0 aliphatic heterocycles. The van der Waals surface area contributed by atoms with Crippen LogP contribution in [0.1, 0.15) is 15.9 Å². The van der Waals surface area contributed by atoms with Gasteiger partial charge in [0.15, 0.2) is 0 Å². The van der Waals surface area contributed by atoms with E-state index in [0.717, 1.165) is 0 Å². The molecule has 0 aliphatic carbocycles. The van der Waals surface area contributed by atoms with E-state index in [-0.39, 0.29) is 16.7 Å². The molecule has 2 rings (SSSR count). The lowest BCUT2D eigenvalue weighted by molar-refractivity contribution is 0.102. The summed E-state index contributed by atoms with van der Waals surface area (Å²) in [6.45, 7) is 1.72. The van der Waals surface area contributed by atoms with E-state index in [1.54, 1.807) is 25.1 Å². The van der Waals surface area contributed by atoms with Crippen LogP contribution < -0.4 is 5.32 Å². The first-order valence-electron chi connectivity index (χ1n) is 5.64. The highest BCUT2D eigenvalue weighted by Gasteiger charge is 2.13. The number of nitrogens with one attached hydrogen (secondary N) is 1. The van der Waals surface area contributed by atoms with Gasteiger partial charge in [-0.2, -0.15) is 0 Å². The molecule has 0 atom stereocenters. The number of benzene rings is 2. The van der Waals surface area contributed by atoms with Gasteiger partial charge >= 0.3 is 0 Å². The molecule has 0 heterocycles. The molecular formula is C14H10BrCl2NO2. The highest BCUT2D eigenvalue weighted by Crippen LogP contribution is 2.36. The minimum atomic E-state index is -0.326. The quantitative estimate of drug-likeness (QED) is 0.725. The predicted molar refractivity (Wildman–Crippen MR) is 85.0 cm³/mol.